The summed E-state index contributed by atoms with van der Waals surface area (Å²) in [6.45, 7) is 0. The van der Waals surface area contributed by atoms with Crippen LogP contribution in [0.3, 0.4) is 0 Å². The lowest BCUT2D eigenvalue weighted by atomic mass is 10.1. The van der Waals surface area contributed by atoms with Crippen LogP contribution < -0.4 is 0 Å². The molecule has 2 N–H and O–H groups in total. The SMILES string of the molecule is O=C(O)N1C(c2ncc(-c3cnc4cc(Br)ccc4n3)[nH]2)CC2CC21. The number of nitrogens with one attached hydrogen (secondary N) is 1. The lowest BCUT2D eigenvalue weighted by Gasteiger charge is -2.22. The van der Waals surface area contributed by atoms with E-state index in [0.29, 0.717) is 17.4 Å². The third kappa shape index (κ3) is 2.39. The van der Waals surface area contributed by atoms with Gasteiger partial charge in [-0.05, 0) is 37.0 Å². The number of H-pyrrole nitrogens is 1. The summed E-state index contributed by atoms with van der Waals surface area (Å²) in [4.78, 5) is 29.8. The second-order valence-corrected chi connectivity index (χ2v) is 7.49. The number of carbonyl (C=O) groups is 1. The number of hydrogen-bond donors (Lipinski definition) is 2. The van der Waals surface area contributed by atoms with Crippen molar-refractivity contribution >= 4 is 33.1 Å². The first-order chi connectivity index (χ1) is 12.1. The number of fused-ring (bicyclic) bond motifs is 2. The molecule has 0 bridgehead atoms. The van der Waals surface area contributed by atoms with Crippen LogP contribution >= 0.6 is 15.9 Å². The van der Waals surface area contributed by atoms with Crippen LogP contribution in [0, 0.1) is 5.92 Å². The van der Waals surface area contributed by atoms with Crippen LogP contribution in [0.2, 0.25) is 0 Å². The van der Waals surface area contributed by atoms with Crippen LogP contribution in [0.5, 0.6) is 0 Å². The second kappa shape index (κ2) is 5.26. The van der Waals surface area contributed by atoms with Gasteiger partial charge in [0.1, 0.15) is 11.5 Å². The highest BCUT2D eigenvalue weighted by molar-refractivity contribution is 9.10. The first kappa shape index (κ1) is 14.8. The zero-order valence-electron chi connectivity index (χ0n) is 13.1. The molecule has 3 atom stereocenters. The van der Waals surface area contributed by atoms with Gasteiger partial charge in [-0.15, -0.1) is 0 Å². The predicted octanol–water partition coefficient (Wildman–Crippen LogP) is 3.60. The molecule has 2 fully saturated rings. The van der Waals surface area contributed by atoms with E-state index in [1.54, 1.807) is 12.4 Å². The Morgan fingerprint density at radius 1 is 1.24 bits per heavy atom. The van der Waals surface area contributed by atoms with Crippen molar-refractivity contribution in [2.45, 2.75) is 24.9 Å². The molecule has 2 aromatic heterocycles. The van der Waals surface area contributed by atoms with E-state index in [-0.39, 0.29) is 12.1 Å². The molecule has 7 nitrogen and oxygen atoms in total. The third-order valence-corrected chi connectivity index (χ3v) is 5.51. The Kier molecular flexibility index (Phi) is 3.12. The van der Waals surface area contributed by atoms with Crippen molar-refractivity contribution in [3.05, 3.63) is 40.9 Å². The highest BCUT2D eigenvalue weighted by Crippen LogP contribution is 2.52. The largest absolute Gasteiger partial charge is 0.465 e. The van der Waals surface area contributed by atoms with Gasteiger partial charge < -0.3 is 10.1 Å². The molecule has 1 aromatic carbocycles. The minimum Gasteiger partial charge on any atom is -0.465 e. The van der Waals surface area contributed by atoms with Gasteiger partial charge >= 0.3 is 6.09 Å². The summed E-state index contributed by atoms with van der Waals surface area (Å²) in [5.74, 6) is 1.16. The average molecular weight is 400 g/mol. The summed E-state index contributed by atoms with van der Waals surface area (Å²) >= 11 is 3.43. The highest BCUT2D eigenvalue weighted by atomic mass is 79.9. The molecule has 1 aliphatic carbocycles. The van der Waals surface area contributed by atoms with Crippen molar-refractivity contribution in [1.29, 1.82) is 0 Å². The summed E-state index contributed by atoms with van der Waals surface area (Å²) < 4.78 is 0.958. The van der Waals surface area contributed by atoms with Crippen molar-refractivity contribution in [3.63, 3.8) is 0 Å². The summed E-state index contributed by atoms with van der Waals surface area (Å²) in [5.41, 5.74) is 3.05. The number of piperidine rings is 1. The number of imidazole rings is 1. The Morgan fingerprint density at radius 2 is 2.12 bits per heavy atom. The van der Waals surface area contributed by atoms with E-state index in [9.17, 15) is 9.90 Å². The van der Waals surface area contributed by atoms with E-state index < -0.39 is 6.09 Å². The molecule has 0 radical (unpaired) electrons. The second-order valence-electron chi connectivity index (χ2n) is 6.57. The van der Waals surface area contributed by atoms with Crippen molar-refractivity contribution in [2.75, 3.05) is 0 Å². The quantitative estimate of drug-likeness (QED) is 0.686. The summed E-state index contributed by atoms with van der Waals surface area (Å²) in [5, 5.41) is 9.46. The number of aromatic nitrogens is 4. The van der Waals surface area contributed by atoms with Gasteiger partial charge in [-0.2, -0.15) is 0 Å². The van der Waals surface area contributed by atoms with E-state index in [4.69, 9.17) is 0 Å². The number of hydrogen-bond acceptors (Lipinski definition) is 4. The van der Waals surface area contributed by atoms with E-state index in [2.05, 4.69) is 35.9 Å². The average Bonchev–Trinajstić information content (AvgIpc) is 3.04. The van der Waals surface area contributed by atoms with Gasteiger partial charge in [0.25, 0.3) is 0 Å². The van der Waals surface area contributed by atoms with Gasteiger partial charge in [0.05, 0.1) is 35.2 Å². The first-order valence-electron chi connectivity index (χ1n) is 8.09. The summed E-state index contributed by atoms with van der Waals surface area (Å²) in [7, 11) is 0. The molecule has 3 aromatic rings. The number of benzene rings is 1. The molecule has 1 saturated carbocycles. The Morgan fingerprint density at radius 3 is 2.96 bits per heavy atom. The molecule has 1 aliphatic heterocycles. The Labute approximate surface area is 151 Å². The molecule has 3 heterocycles. The number of amides is 1. The zero-order valence-corrected chi connectivity index (χ0v) is 14.6. The van der Waals surface area contributed by atoms with Crippen molar-refractivity contribution in [3.8, 4) is 11.4 Å². The maximum atomic E-state index is 11.5. The zero-order chi connectivity index (χ0) is 17.1. The summed E-state index contributed by atoms with van der Waals surface area (Å²) in [6.07, 6.45) is 4.34. The molecule has 1 saturated heterocycles. The molecule has 1 amide bonds. The number of rotatable bonds is 2. The molecular weight excluding hydrogens is 386 g/mol. The van der Waals surface area contributed by atoms with Gasteiger partial charge in [-0.3, -0.25) is 9.88 Å². The molecule has 8 heteroatoms. The minimum absolute atomic E-state index is 0.162. The fourth-order valence-corrected chi connectivity index (χ4v) is 4.07. The number of carboxylic acid groups (broad SMARTS) is 1. The molecular formula is C17H14BrN5O2. The van der Waals surface area contributed by atoms with Crippen LogP contribution in [0.25, 0.3) is 22.4 Å². The molecule has 2 aliphatic rings. The van der Waals surface area contributed by atoms with Crippen molar-refractivity contribution in [1.82, 2.24) is 24.8 Å². The number of likely N-dealkylation sites (tertiary alicyclic amines) is 1. The normalized spacial score (nSPS) is 24.5. The van der Waals surface area contributed by atoms with E-state index in [1.807, 2.05) is 18.2 Å². The van der Waals surface area contributed by atoms with Gasteiger partial charge in [-0.1, -0.05) is 15.9 Å². The summed E-state index contributed by atoms with van der Waals surface area (Å²) in [6, 6.07) is 5.72. The van der Waals surface area contributed by atoms with Gasteiger partial charge in [0, 0.05) is 10.5 Å². The van der Waals surface area contributed by atoms with Crippen LogP contribution in [0.1, 0.15) is 24.7 Å². The topological polar surface area (TPSA) is 95.0 Å². The monoisotopic (exact) mass is 399 g/mol. The molecule has 5 rings (SSSR count). The highest BCUT2D eigenvalue weighted by Gasteiger charge is 2.55. The van der Waals surface area contributed by atoms with Gasteiger partial charge in [-0.25, -0.2) is 14.8 Å². The maximum absolute atomic E-state index is 11.5. The maximum Gasteiger partial charge on any atom is 0.408 e. The van der Waals surface area contributed by atoms with Crippen LogP contribution in [0.15, 0.2) is 35.1 Å². The lowest BCUT2D eigenvalue weighted by molar-refractivity contribution is 0.128. The van der Waals surface area contributed by atoms with E-state index in [0.717, 1.165) is 34.0 Å². The number of aromatic amines is 1. The van der Waals surface area contributed by atoms with Gasteiger partial charge in [0.15, 0.2) is 0 Å². The standard InChI is InChI=1S/C17H14BrN5O2/c18-9-1-2-10-11(5-9)19-6-12(21-10)13-7-20-16(22-13)15-4-8-3-14(8)23(15)17(24)25/h1-2,5-8,14-15H,3-4H2,(H,20,22)(H,24,25). The molecule has 25 heavy (non-hydrogen) atoms. The number of halogens is 1. The van der Waals surface area contributed by atoms with Crippen LogP contribution in [-0.2, 0) is 0 Å². The number of nitrogens with zero attached hydrogens (tertiary/aromatic N) is 4. The van der Waals surface area contributed by atoms with Crippen LogP contribution in [0.4, 0.5) is 4.79 Å². The fourth-order valence-electron chi connectivity index (χ4n) is 3.73. The Bertz CT molecular complexity index is 1000. The van der Waals surface area contributed by atoms with Gasteiger partial charge in [0.2, 0.25) is 0 Å². The van der Waals surface area contributed by atoms with E-state index in [1.165, 1.54) is 4.90 Å². The lowest BCUT2D eigenvalue weighted by Crippen LogP contribution is -2.32. The third-order valence-electron chi connectivity index (χ3n) is 5.02. The van der Waals surface area contributed by atoms with E-state index >= 15 is 0 Å². The minimum atomic E-state index is -0.871. The molecule has 126 valence electrons. The van der Waals surface area contributed by atoms with Crippen molar-refractivity contribution in [2.24, 2.45) is 5.92 Å². The Balaban J connectivity index is 1.48. The first-order valence-corrected chi connectivity index (χ1v) is 8.88. The molecule has 3 unspecified atom stereocenters. The fraction of sp³-hybridized carbons (Fsp3) is 0.294. The smallest absolute Gasteiger partial charge is 0.408 e. The van der Waals surface area contributed by atoms with Crippen LogP contribution in [-0.4, -0.2) is 42.1 Å². The Hall–Kier alpha value is -2.48. The van der Waals surface area contributed by atoms with Crippen molar-refractivity contribution < 1.29 is 9.90 Å². The predicted molar refractivity (Wildman–Crippen MR) is 93.9 cm³/mol. The molecule has 0 spiro atoms.